The van der Waals surface area contributed by atoms with E-state index in [0.717, 1.165) is 0 Å². The molecular weight excluding hydrogens is 282 g/mol. The molecule has 21 heavy (non-hydrogen) atoms. The minimum absolute atomic E-state index is 0.0893. The average Bonchev–Trinajstić information content (AvgIpc) is 2.38. The number of hydrogen-bond acceptors (Lipinski definition) is 7. The molecule has 0 amide bonds. The topological polar surface area (TPSA) is 111 Å². The quantitative estimate of drug-likeness (QED) is 0.308. The summed E-state index contributed by atoms with van der Waals surface area (Å²) in [6.45, 7) is 2.19. The highest BCUT2D eigenvalue weighted by molar-refractivity contribution is 5.69. The first-order valence-electron chi connectivity index (χ1n) is 6.43. The van der Waals surface area contributed by atoms with Crippen molar-refractivity contribution in [3.05, 3.63) is 0 Å². The summed E-state index contributed by atoms with van der Waals surface area (Å²) < 4.78 is 4.59. The highest BCUT2D eigenvalue weighted by Gasteiger charge is 2.12. The molecule has 0 aromatic rings. The highest BCUT2D eigenvalue weighted by atomic mass is 16.5. The molecule has 0 aliphatic heterocycles. The molecule has 0 bridgehead atoms. The number of nitrogens with zero attached hydrogens (tertiary/aromatic N) is 3. The Kier molecular flexibility index (Phi) is 10.1. The number of ether oxygens (including phenoxy) is 1. The van der Waals surface area contributed by atoms with E-state index in [9.17, 15) is 14.4 Å². The Morgan fingerprint density at radius 2 is 1.48 bits per heavy atom. The molecule has 0 unspecified atom stereocenters. The second kappa shape index (κ2) is 11.0. The van der Waals surface area contributed by atoms with E-state index >= 15 is 0 Å². The SMILES string of the molecule is CN(CCN(CCN(C)CC(=O)O)CC(=O)O)COC=O. The van der Waals surface area contributed by atoms with Crippen molar-refractivity contribution in [1.29, 1.82) is 0 Å². The van der Waals surface area contributed by atoms with E-state index in [1.807, 2.05) is 0 Å². The van der Waals surface area contributed by atoms with Crippen molar-refractivity contribution >= 4 is 18.4 Å². The first-order valence-corrected chi connectivity index (χ1v) is 6.43. The van der Waals surface area contributed by atoms with E-state index < -0.39 is 11.9 Å². The zero-order valence-electron chi connectivity index (χ0n) is 12.4. The van der Waals surface area contributed by atoms with Crippen molar-refractivity contribution in [2.24, 2.45) is 0 Å². The Bertz CT molecular complexity index is 339. The van der Waals surface area contributed by atoms with Gasteiger partial charge in [0.15, 0.2) is 0 Å². The lowest BCUT2D eigenvalue weighted by Gasteiger charge is -2.25. The standard InChI is InChI=1S/C12H23N3O6/c1-13(7-11(17)18)3-5-15(8-12(19)20)6-4-14(2)9-21-10-16/h10H,3-9H2,1-2H3,(H,17,18)(H,19,20). The van der Waals surface area contributed by atoms with Crippen LogP contribution in [-0.2, 0) is 19.1 Å². The van der Waals surface area contributed by atoms with Crippen LogP contribution >= 0.6 is 0 Å². The summed E-state index contributed by atoms with van der Waals surface area (Å²) in [5, 5.41) is 17.5. The predicted octanol–water partition coefficient (Wildman–Crippen LogP) is -1.55. The van der Waals surface area contributed by atoms with Crippen molar-refractivity contribution in [3.63, 3.8) is 0 Å². The van der Waals surface area contributed by atoms with Gasteiger partial charge in [-0.3, -0.25) is 29.1 Å². The molecule has 0 aromatic carbocycles. The molecule has 0 fully saturated rings. The van der Waals surface area contributed by atoms with Gasteiger partial charge in [-0.05, 0) is 14.1 Å². The third-order valence-electron chi connectivity index (χ3n) is 2.72. The molecule has 0 rings (SSSR count). The first-order chi connectivity index (χ1) is 9.85. The van der Waals surface area contributed by atoms with Crippen LogP contribution < -0.4 is 0 Å². The Morgan fingerprint density at radius 3 is 1.95 bits per heavy atom. The van der Waals surface area contributed by atoms with Crippen LogP contribution in [0.2, 0.25) is 0 Å². The summed E-state index contributed by atoms with van der Waals surface area (Å²) in [4.78, 5) is 36.5. The van der Waals surface area contributed by atoms with Crippen LogP contribution in [0.5, 0.6) is 0 Å². The normalized spacial score (nSPS) is 11.1. The summed E-state index contributed by atoms with van der Waals surface area (Å²) in [6, 6.07) is 0. The van der Waals surface area contributed by atoms with Gasteiger partial charge in [0.2, 0.25) is 0 Å². The first kappa shape index (κ1) is 19.3. The number of aliphatic carboxylic acids is 2. The molecule has 9 nitrogen and oxygen atoms in total. The van der Waals surface area contributed by atoms with Crippen molar-refractivity contribution < 1.29 is 29.3 Å². The highest BCUT2D eigenvalue weighted by Crippen LogP contribution is 1.93. The summed E-state index contributed by atoms with van der Waals surface area (Å²) in [6.07, 6.45) is 0. The molecule has 0 aliphatic rings. The molecular formula is C12H23N3O6. The number of carbonyl (C=O) groups is 3. The van der Waals surface area contributed by atoms with E-state index in [-0.39, 0.29) is 19.8 Å². The fraction of sp³-hybridized carbons (Fsp3) is 0.750. The number of carbonyl (C=O) groups excluding carboxylic acids is 1. The zero-order valence-corrected chi connectivity index (χ0v) is 12.4. The largest absolute Gasteiger partial charge is 0.480 e. The van der Waals surface area contributed by atoms with E-state index in [4.69, 9.17) is 10.2 Å². The van der Waals surface area contributed by atoms with Gasteiger partial charge in [-0.2, -0.15) is 0 Å². The van der Waals surface area contributed by atoms with E-state index in [2.05, 4.69) is 4.74 Å². The van der Waals surface area contributed by atoms with Crippen LogP contribution in [0.4, 0.5) is 0 Å². The summed E-state index contributed by atoms with van der Waals surface area (Å²) >= 11 is 0. The van der Waals surface area contributed by atoms with Gasteiger partial charge in [0.05, 0.1) is 13.1 Å². The third kappa shape index (κ3) is 11.8. The molecule has 0 radical (unpaired) electrons. The molecule has 0 saturated carbocycles. The molecule has 0 aliphatic carbocycles. The zero-order chi connectivity index (χ0) is 16.3. The smallest absolute Gasteiger partial charge is 0.317 e. The summed E-state index contributed by atoms with van der Waals surface area (Å²) in [7, 11) is 3.41. The maximum atomic E-state index is 10.8. The number of likely N-dealkylation sites (N-methyl/N-ethyl adjacent to an activating group) is 2. The number of carboxylic acid groups (broad SMARTS) is 2. The van der Waals surface area contributed by atoms with Crippen LogP contribution in [0, 0.1) is 0 Å². The average molecular weight is 305 g/mol. The fourth-order valence-electron chi connectivity index (χ4n) is 1.62. The van der Waals surface area contributed by atoms with Gasteiger partial charge >= 0.3 is 11.9 Å². The van der Waals surface area contributed by atoms with Crippen LogP contribution in [0.1, 0.15) is 0 Å². The van der Waals surface area contributed by atoms with Crippen molar-refractivity contribution in [1.82, 2.24) is 14.7 Å². The lowest BCUT2D eigenvalue weighted by atomic mass is 10.4. The van der Waals surface area contributed by atoms with Gasteiger partial charge in [-0.25, -0.2) is 0 Å². The summed E-state index contributed by atoms with van der Waals surface area (Å²) in [5.41, 5.74) is 0. The molecule has 0 saturated heterocycles. The van der Waals surface area contributed by atoms with E-state index in [1.165, 1.54) is 0 Å². The summed E-state index contributed by atoms with van der Waals surface area (Å²) in [5.74, 6) is -1.87. The number of carboxylic acids is 2. The Labute approximate surface area is 123 Å². The van der Waals surface area contributed by atoms with Gasteiger partial charge in [0.25, 0.3) is 6.47 Å². The maximum Gasteiger partial charge on any atom is 0.317 e. The van der Waals surface area contributed by atoms with Crippen molar-refractivity contribution in [2.45, 2.75) is 0 Å². The maximum absolute atomic E-state index is 10.8. The Morgan fingerprint density at radius 1 is 0.952 bits per heavy atom. The van der Waals surface area contributed by atoms with Gasteiger partial charge in [-0.1, -0.05) is 0 Å². The van der Waals surface area contributed by atoms with Crippen LogP contribution in [0.3, 0.4) is 0 Å². The van der Waals surface area contributed by atoms with Crippen molar-refractivity contribution in [2.75, 3.05) is 60.1 Å². The van der Waals surface area contributed by atoms with Crippen molar-refractivity contribution in [3.8, 4) is 0 Å². The van der Waals surface area contributed by atoms with E-state index in [0.29, 0.717) is 32.7 Å². The van der Waals surface area contributed by atoms with Gasteiger partial charge in [0, 0.05) is 26.2 Å². The monoisotopic (exact) mass is 305 g/mol. The van der Waals surface area contributed by atoms with E-state index in [1.54, 1.807) is 28.8 Å². The Hall–Kier alpha value is -1.71. The van der Waals surface area contributed by atoms with Gasteiger partial charge in [0.1, 0.15) is 6.73 Å². The Balaban J connectivity index is 4.16. The van der Waals surface area contributed by atoms with Crippen LogP contribution in [0.25, 0.3) is 0 Å². The van der Waals surface area contributed by atoms with Gasteiger partial charge < -0.3 is 14.9 Å². The van der Waals surface area contributed by atoms with Crippen LogP contribution in [0.15, 0.2) is 0 Å². The minimum atomic E-state index is -0.942. The second-order valence-corrected chi connectivity index (χ2v) is 4.77. The minimum Gasteiger partial charge on any atom is -0.480 e. The molecule has 9 heteroatoms. The van der Waals surface area contributed by atoms with Crippen LogP contribution in [-0.4, -0.2) is 103 Å². The lowest BCUT2D eigenvalue weighted by Crippen LogP contribution is -2.41. The molecule has 0 atom stereocenters. The fourth-order valence-corrected chi connectivity index (χ4v) is 1.62. The predicted molar refractivity (Wildman–Crippen MR) is 73.9 cm³/mol. The van der Waals surface area contributed by atoms with Gasteiger partial charge in [-0.15, -0.1) is 0 Å². The molecule has 0 heterocycles. The third-order valence-corrected chi connectivity index (χ3v) is 2.72. The number of rotatable bonds is 13. The molecule has 0 spiro atoms. The molecule has 122 valence electrons. The molecule has 2 N–H and O–H groups in total. The molecule has 0 aromatic heterocycles. The number of hydrogen-bond donors (Lipinski definition) is 2. The lowest BCUT2D eigenvalue weighted by molar-refractivity contribution is -0.140. The second-order valence-electron chi connectivity index (χ2n) is 4.77.